The van der Waals surface area contributed by atoms with Crippen LogP contribution < -0.4 is 0 Å². The van der Waals surface area contributed by atoms with Crippen molar-refractivity contribution in [2.75, 3.05) is 6.54 Å². The van der Waals surface area contributed by atoms with Crippen LogP contribution in [-0.4, -0.2) is 38.0 Å². The van der Waals surface area contributed by atoms with E-state index < -0.39 is 0 Å². The van der Waals surface area contributed by atoms with E-state index in [-0.39, 0.29) is 11.9 Å². The number of halogens is 1. The number of nitrogens with zero attached hydrogens (tertiary/aromatic N) is 4. The Morgan fingerprint density at radius 3 is 2.68 bits per heavy atom. The molecule has 2 aromatic rings. The van der Waals surface area contributed by atoms with Gasteiger partial charge in [-0.05, 0) is 48.7 Å². The molecule has 2 rings (SSSR count). The lowest BCUT2D eigenvalue weighted by molar-refractivity contribution is 0.0689. The molecule has 0 aliphatic heterocycles. The van der Waals surface area contributed by atoms with Gasteiger partial charge in [-0.15, -0.1) is 0 Å². The average molecular weight is 367 g/mol. The summed E-state index contributed by atoms with van der Waals surface area (Å²) in [7, 11) is 0. The molecule has 0 fully saturated rings. The molecule has 2 heterocycles. The fourth-order valence-corrected chi connectivity index (χ4v) is 3.11. The minimum absolute atomic E-state index is 0.00188. The molecule has 1 atom stereocenters. The quantitative estimate of drug-likeness (QED) is 0.782. The Labute approximate surface area is 139 Å². The molecule has 0 aromatic carbocycles. The van der Waals surface area contributed by atoms with Crippen molar-refractivity contribution in [1.29, 1.82) is 0 Å². The van der Waals surface area contributed by atoms with Gasteiger partial charge in [0.25, 0.3) is 5.91 Å². The van der Waals surface area contributed by atoms with Gasteiger partial charge in [-0.1, -0.05) is 20.3 Å². The van der Waals surface area contributed by atoms with Crippen LogP contribution in [0.2, 0.25) is 0 Å². The van der Waals surface area contributed by atoms with E-state index in [9.17, 15) is 4.79 Å². The van der Waals surface area contributed by atoms with Gasteiger partial charge in [-0.3, -0.25) is 4.79 Å². The number of hydrogen-bond acceptors (Lipinski definition) is 3. The van der Waals surface area contributed by atoms with Crippen molar-refractivity contribution < 1.29 is 4.79 Å². The van der Waals surface area contributed by atoms with Crippen LogP contribution in [0, 0.1) is 0 Å². The van der Waals surface area contributed by atoms with E-state index in [1.807, 2.05) is 24.0 Å². The largest absolute Gasteiger partial charge is 0.335 e. The van der Waals surface area contributed by atoms with Crippen molar-refractivity contribution in [3.63, 3.8) is 0 Å². The normalized spacial score (nSPS) is 12.6. The van der Waals surface area contributed by atoms with Crippen molar-refractivity contribution in [2.24, 2.45) is 0 Å². The number of hydrogen-bond donors (Lipinski definition) is 0. The monoisotopic (exact) mass is 366 g/mol. The van der Waals surface area contributed by atoms with Crippen LogP contribution in [0.1, 0.15) is 56.7 Å². The summed E-state index contributed by atoms with van der Waals surface area (Å²) in [6.07, 6.45) is 2.86. The smallest absolute Gasteiger partial charge is 0.272 e. The predicted octanol–water partition coefficient (Wildman–Crippen LogP) is 3.70. The molecule has 5 nitrogen and oxygen atoms in total. The summed E-state index contributed by atoms with van der Waals surface area (Å²) in [5.74, 6) is -0.00188. The van der Waals surface area contributed by atoms with E-state index in [1.165, 1.54) is 0 Å². The van der Waals surface area contributed by atoms with Crippen LogP contribution >= 0.6 is 15.9 Å². The number of rotatable bonds is 6. The summed E-state index contributed by atoms with van der Waals surface area (Å²) in [5.41, 5.74) is 2.19. The number of amides is 1. The minimum atomic E-state index is -0.00188. The molecule has 0 bridgehead atoms. The summed E-state index contributed by atoms with van der Waals surface area (Å²) < 4.78 is 2.51. The highest BCUT2D eigenvalue weighted by Crippen LogP contribution is 2.17. The van der Waals surface area contributed by atoms with Gasteiger partial charge in [0.05, 0.1) is 0 Å². The molecule has 0 spiro atoms. The van der Waals surface area contributed by atoms with E-state index in [4.69, 9.17) is 0 Å². The third-order valence-electron chi connectivity index (χ3n) is 3.89. The molecule has 0 aliphatic carbocycles. The van der Waals surface area contributed by atoms with Gasteiger partial charge in [-0.25, -0.2) is 9.50 Å². The van der Waals surface area contributed by atoms with Crippen molar-refractivity contribution in [2.45, 2.75) is 53.0 Å². The van der Waals surface area contributed by atoms with Gasteiger partial charge in [0.15, 0.2) is 5.65 Å². The molecule has 0 N–H and O–H groups in total. The third-order valence-corrected chi connectivity index (χ3v) is 4.28. The number of aryl methyl sites for hydroxylation is 1. The zero-order valence-electron chi connectivity index (χ0n) is 13.6. The van der Waals surface area contributed by atoms with Gasteiger partial charge in [0, 0.05) is 24.3 Å². The molecule has 0 radical (unpaired) electrons. The molecule has 2 aromatic heterocycles. The maximum absolute atomic E-state index is 12.8. The average Bonchev–Trinajstić information content (AvgIpc) is 2.87. The number of fused-ring (bicyclic) bond motifs is 1. The molecular formula is C16H23BrN4O. The molecule has 22 heavy (non-hydrogen) atoms. The predicted molar refractivity (Wildman–Crippen MR) is 91.1 cm³/mol. The van der Waals surface area contributed by atoms with Gasteiger partial charge in [0.2, 0.25) is 0 Å². The maximum Gasteiger partial charge on any atom is 0.272 e. The standard InChI is InChI=1S/C16H23BrN4O/c1-5-8-11(4)20(7-3)16(22)13-9-12(6-2)21-15(18-13)10-14(17)19-21/h9-11H,5-8H2,1-4H3. The van der Waals surface area contributed by atoms with Gasteiger partial charge < -0.3 is 4.90 Å². The van der Waals surface area contributed by atoms with E-state index in [2.05, 4.69) is 46.8 Å². The van der Waals surface area contributed by atoms with Crippen molar-refractivity contribution >= 4 is 27.5 Å². The van der Waals surface area contributed by atoms with Crippen LogP contribution in [0.3, 0.4) is 0 Å². The Hall–Kier alpha value is -1.43. The van der Waals surface area contributed by atoms with E-state index in [0.717, 1.165) is 29.6 Å². The van der Waals surface area contributed by atoms with Crippen LogP contribution in [0.25, 0.3) is 5.65 Å². The van der Waals surface area contributed by atoms with Gasteiger partial charge in [-0.2, -0.15) is 5.10 Å². The van der Waals surface area contributed by atoms with E-state index in [1.54, 1.807) is 4.52 Å². The van der Waals surface area contributed by atoms with Crippen molar-refractivity contribution in [3.05, 3.63) is 28.1 Å². The fraction of sp³-hybridized carbons (Fsp3) is 0.562. The van der Waals surface area contributed by atoms with Crippen molar-refractivity contribution in [3.8, 4) is 0 Å². The lowest BCUT2D eigenvalue weighted by Gasteiger charge is -2.27. The Morgan fingerprint density at radius 1 is 1.36 bits per heavy atom. The van der Waals surface area contributed by atoms with Crippen LogP contribution in [0.5, 0.6) is 0 Å². The van der Waals surface area contributed by atoms with Crippen LogP contribution in [-0.2, 0) is 6.42 Å². The van der Waals surface area contributed by atoms with Gasteiger partial charge >= 0.3 is 0 Å². The SMILES string of the molecule is CCCC(C)N(CC)C(=O)c1cc(CC)n2nc(Br)cc2n1. The molecule has 0 aliphatic rings. The summed E-state index contributed by atoms with van der Waals surface area (Å²) >= 11 is 3.37. The Morgan fingerprint density at radius 2 is 2.09 bits per heavy atom. The molecule has 120 valence electrons. The Bertz CT molecular complexity index is 667. The number of carbonyl (C=O) groups is 1. The van der Waals surface area contributed by atoms with Crippen LogP contribution in [0.4, 0.5) is 0 Å². The summed E-state index contributed by atoms with van der Waals surface area (Å²) in [6.45, 7) is 8.99. The van der Waals surface area contributed by atoms with E-state index in [0.29, 0.717) is 17.9 Å². The first kappa shape index (κ1) is 16.9. The molecule has 6 heteroatoms. The first-order valence-electron chi connectivity index (χ1n) is 7.87. The molecule has 1 unspecified atom stereocenters. The zero-order chi connectivity index (χ0) is 16.3. The van der Waals surface area contributed by atoms with Crippen molar-refractivity contribution in [1.82, 2.24) is 19.5 Å². The van der Waals surface area contributed by atoms with Crippen LogP contribution in [0.15, 0.2) is 16.7 Å². The summed E-state index contributed by atoms with van der Waals surface area (Å²) in [4.78, 5) is 19.2. The lowest BCUT2D eigenvalue weighted by atomic mass is 10.1. The zero-order valence-corrected chi connectivity index (χ0v) is 15.2. The molecule has 1 amide bonds. The maximum atomic E-state index is 12.8. The second-order valence-corrected chi connectivity index (χ2v) is 6.26. The third kappa shape index (κ3) is 3.32. The first-order chi connectivity index (χ1) is 10.5. The topological polar surface area (TPSA) is 50.5 Å². The number of carbonyl (C=O) groups excluding carboxylic acids is 1. The molecule has 0 saturated heterocycles. The Kier molecular flexibility index (Phi) is 5.56. The summed E-state index contributed by atoms with van der Waals surface area (Å²) in [5, 5.41) is 4.36. The fourth-order valence-electron chi connectivity index (χ4n) is 2.75. The molecule has 0 saturated carbocycles. The highest BCUT2D eigenvalue weighted by atomic mass is 79.9. The highest BCUT2D eigenvalue weighted by molar-refractivity contribution is 9.10. The summed E-state index contributed by atoms with van der Waals surface area (Å²) in [6, 6.07) is 3.92. The lowest BCUT2D eigenvalue weighted by Crippen LogP contribution is -2.39. The van der Waals surface area contributed by atoms with E-state index >= 15 is 0 Å². The second kappa shape index (κ2) is 7.22. The Balaban J connectivity index is 2.42. The first-order valence-corrected chi connectivity index (χ1v) is 8.67. The highest BCUT2D eigenvalue weighted by Gasteiger charge is 2.22. The molecular weight excluding hydrogens is 344 g/mol. The minimum Gasteiger partial charge on any atom is -0.335 e. The van der Waals surface area contributed by atoms with Gasteiger partial charge in [0.1, 0.15) is 10.3 Å². The number of aromatic nitrogens is 3. The second-order valence-electron chi connectivity index (χ2n) is 5.45.